The molecule has 0 spiro atoms. The molecule has 0 bridgehead atoms. The van der Waals surface area contributed by atoms with Crippen LogP contribution in [0.3, 0.4) is 0 Å². The third kappa shape index (κ3) is 2.16. The highest BCUT2D eigenvalue weighted by molar-refractivity contribution is 5.61. The minimum Gasteiger partial charge on any atom is -0.480 e. The van der Waals surface area contributed by atoms with E-state index < -0.39 is 0 Å². The topological polar surface area (TPSA) is 78.3 Å². The van der Waals surface area contributed by atoms with Gasteiger partial charge in [0.1, 0.15) is 5.69 Å². The summed E-state index contributed by atoms with van der Waals surface area (Å²) in [6.07, 6.45) is 5.73. The van der Waals surface area contributed by atoms with Crippen molar-refractivity contribution >= 4 is 11.9 Å². The van der Waals surface area contributed by atoms with Gasteiger partial charge >= 0.3 is 0 Å². The second kappa shape index (κ2) is 5.01. The molecule has 0 aromatic carbocycles. The fourth-order valence-electron chi connectivity index (χ4n) is 2.15. The van der Waals surface area contributed by atoms with Crippen LogP contribution in [0.25, 0.3) is 23.4 Å². The molecule has 3 rings (SSSR count). The molecule has 0 fully saturated rings. The van der Waals surface area contributed by atoms with Gasteiger partial charge in [-0.25, -0.2) is 4.98 Å². The molecule has 0 aliphatic carbocycles. The molecule has 108 valence electrons. The highest BCUT2D eigenvalue weighted by Crippen LogP contribution is 2.25. The number of hydrogen-bond donors (Lipinski definition) is 0. The van der Waals surface area contributed by atoms with E-state index in [1.165, 1.54) is 0 Å². The number of aryl methyl sites for hydroxylation is 2. The van der Waals surface area contributed by atoms with E-state index in [4.69, 9.17) is 9.15 Å². The van der Waals surface area contributed by atoms with Crippen molar-refractivity contribution in [2.75, 3.05) is 7.11 Å². The van der Waals surface area contributed by atoms with E-state index in [0.29, 0.717) is 29.1 Å². The molecule has 3 aromatic rings. The summed E-state index contributed by atoms with van der Waals surface area (Å²) in [5.41, 5.74) is 2.48. The molecular weight excluding hydrogens is 270 g/mol. The number of ether oxygens (including phenoxy) is 1. The van der Waals surface area contributed by atoms with E-state index in [-0.39, 0.29) is 0 Å². The van der Waals surface area contributed by atoms with Crippen LogP contribution in [0.2, 0.25) is 0 Å². The lowest BCUT2D eigenvalue weighted by molar-refractivity contribution is 0.396. The van der Waals surface area contributed by atoms with Crippen LogP contribution in [-0.4, -0.2) is 31.7 Å². The third-order valence-electron chi connectivity index (χ3n) is 3.14. The van der Waals surface area contributed by atoms with Crippen molar-refractivity contribution in [3.05, 3.63) is 29.4 Å². The van der Waals surface area contributed by atoms with Gasteiger partial charge in [0.05, 0.1) is 12.7 Å². The summed E-state index contributed by atoms with van der Waals surface area (Å²) in [4.78, 5) is 8.83. The van der Waals surface area contributed by atoms with Gasteiger partial charge in [0.25, 0.3) is 5.89 Å². The Morgan fingerprint density at radius 2 is 2.05 bits per heavy atom. The molecule has 7 nitrogen and oxygen atoms in total. The maximum atomic E-state index is 5.40. The van der Waals surface area contributed by atoms with Crippen LogP contribution in [0.4, 0.5) is 0 Å². The quantitative estimate of drug-likeness (QED) is 0.735. The van der Waals surface area contributed by atoms with Crippen LogP contribution in [0, 0.1) is 13.8 Å². The molecule has 0 atom stereocenters. The number of allylic oxidation sites excluding steroid dienone is 1. The minimum absolute atomic E-state index is 0.379. The summed E-state index contributed by atoms with van der Waals surface area (Å²) < 4.78 is 12.6. The maximum absolute atomic E-state index is 5.40. The Morgan fingerprint density at radius 3 is 2.67 bits per heavy atom. The molecule has 7 heteroatoms. The van der Waals surface area contributed by atoms with Gasteiger partial charge in [-0.2, -0.15) is 4.98 Å². The van der Waals surface area contributed by atoms with Crippen molar-refractivity contribution in [3.8, 4) is 17.5 Å². The smallest absolute Gasteiger partial charge is 0.267 e. The summed E-state index contributed by atoms with van der Waals surface area (Å²) in [6.45, 7) is 5.67. The number of fused-ring (bicyclic) bond motifs is 1. The Balaban J connectivity index is 2.24. The standard InChI is InChI=1S/C14H15N5O2/c1-5-6-10-8(2)19-7-11(13-18-17-9(3)21-13)15-14(19)16-12(10)20-4/h5-7H,1-4H3/b6-5+. The first-order chi connectivity index (χ1) is 10.1. The van der Waals surface area contributed by atoms with E-state index in [2.05, 4.69) is 20.2 Å². The largest absolute Gasteiger partial charge is 0.480 e. The summed E-state index contributed by atoms with van der Waals surface area (Å²) in [5.74, 6) is 1.95. The molecular formula is C14H15N5O2. The van der Waals surface area contributed by atoms with E-state index in [0.717, 1.165) is 11.3 Å². The van der Waals surface area contributed by atoms with Gasteiger partial charge in [-0.15, -0.1) is 10.2 Å². The van der Waals surface area contributed by atoms with E-state index in [1.807, 2.05) is 36.6 Å². The number of nitrogens with zero attached hydrogens (tertiary/aromatic N) is 5. The Bertz CT molecular complexity index is 831. The molecule has 0 aliphatic heterocycles. The Morgan fingerprint density at radius 1 is 1.24 bits per heavy atom. The Hall–Kier alpha value is -2.70. The average molecular weight is 285 g/mol. The van der Waals surface area contributed by atoms with Gasteiger partial charge in [0.15, 0.2) is 0 Å². The monoisotopic (exact) mass is 285 g/mol. The highest BCUT2D eigenvalue weighted by Gasteiger charge is 2.16. The van der Waals surface area contributed by atoms with Gasteiger partial charge in [0.2, 0.25) is 17.5 Å². The molecule has 0 saturated heterocycles. The SMILES string of the molecule is C/C=C/c1c(OC)nc2nc(-c3nnc(C)o3)cn2c1C. The molecule has 0 N–H and O–H groups in total. The van der Waals surface area contributed by atoms with E-state index in [9.17, 15) is 0 Å². The van der Waals surface area contributed by atoms with Crippen LogP contribution in [-0.2, 0) is 0 Å². The lowest BCUT2D eigenvalue weighted by Gasteiger charge is -2.08. The molecule has 0 amide bonds. The summed E-state index contributed by atoms with van der Waals surface area (Å²) >= 11 is 0. The molecule has 0 aliphatic rings. The van der Waals surface area contributed by atoms with Crippen molar-refractivity contribution in [3.63, 3.8) is 0 Å². The van der Waals surface area contributed by atoms with Crippen LogP contribution < -0.4 is 4.74 Å². The number of imidazole rings is 1. The van der Waals surface area contributed by atoms with Crippen LogP contribution >= 0.6 is 0 Å². The predicted octanol–water partition coefficient (Wildman–Crippen LogP) is 2.44. The van der Waals surface area contributed by atoms with Crippen molar-refractivity contribution in [2.24, 2.45) is 0 Å². The molecule has 21 heavy (non-hydrogen) atoms. The first kappa shape index (κ1) is 13.3. The molecule has 0 saturated carbocycles. The zero-order valence-corrected chi connectivity index (χ0v) is 12.3. The number of hydrogen-bond acceptors (Lipinski definition) is 6. The minimum atomic E-state index is 0.379. The predicted molar refractivity (Wildman–Crippen MR) is 77.0 cm³/mol. The average Bonchev–Trinajstić information content (AvgIpc) is 3.08. The normalized spacial score (nSPS) is 11.6. The zero-order chi connectivity index (χ0) is 15.0. The van der Waals surface area contributed by atoms with Crippen molar-refractivity contribution in [1.82, 2.24) is 24.6 Å². The van der Waals surface area contributed by atoms with Gasteiger partial charge < -0.3 is 9.15 Å². The molecule has 3 aromatic heterocycles. The Kier molecular flexibility index (Phi) is 3.17. The first-order valence-electron chi connectivity index (χ1n) is 6.51. The second-order valence-corrected chi connectivity index (χ2v) is 4.54. The van der Waals surface area contributed by atoms with Crippen molar-refractivity contribution in [2.45, 2.75) is 20.8 Å². The number of aromatic nitrogens is 5. The van der Waals surface area contributed by atoms with Crippen LogP contribution in [0.1, 0.15) is 24.1 Å². The van der Waals surface area contributed by atoms with Crippen LogP contribution in [0.15, 0.2) is 16.7 Å². The van der Waals surface area contributed by atoms with Gasteiger partial charge in [-0.1, -0.05) is 12.2 Å². The number of methoxy groups -OCH3 is 1. The van der Waals surface area contributed by atoms with Gasteiger partial charge in [-0.05, 0) is 13.8 Å². The van der Waals surface area contributed by atoms with Crippen molar-refractivity contribution in [1.29, 1.82) is 0 Å². The van der Waals surface area contributed by atoms with Crippen molar-refractivity contribution < 1.29 is 9.15 Å². The molecule has 3 heterocycles. The lowest BCUT2D eigenvalue weighted by Crippen LogP contribution is -2.01. The summed E-state index contributed by atoms with van der Waals surface area (Å²) in [7, 11) is 1.59. The Labute approximate surface area is 121 Å². The summed E-state index contributed by atoms with van der Waals surface area (Å²) in [5, 5.41) is 7.79. The zero-order valence-electron chi connectivity index (χ0n) is 12.3. The third-order valence-corrected chi connectivity index (χ3v) is 3.14. The fraction of sp³-hybridized carbons (Fsp3) is 0.286. The molecule has 0 radical (unpaired) electrons. The highest BCUT2D eigenvalue weighted by atomic mass is 16.5. The number of rotatable bonds is 3. The second-order valence-electron chi connectivity index (χ2n) is 4.54. The van der Waals surface area contributed by atoms with Gasteiger partial charge in [-0.3, -0.25) is 4.40 Å². The van der Waals surface area contributed by atoms with Gasteiger partial charge in [0, 0.05) is 18.8 Å². The maximum Gasteiger partial charge on any atom is 0.267 e. The summed E-state index contributed by atoms with van der Waals surface area (Å²) in [6, 6.07) is 0. The van der Waals surface area contributed by atoms with E-state index >= 15 is 0 Å². The van der Waals surface area contributed by atoms with Crippen LogP contribution in [0.5, 0.6) is 5.88 Å². The molecule has 0 unspecified atom stereocenters. The fourth-order valence-corrected chi connectivity index (χ4v) is 2.15. The lowest BCUT2D eigenvalue weighted by atomic mass is 10.2. The first-order valence-corrected chi connectivity index (χ1v) is 6.51. The van der Waals surface area contributed by atoms with E-state index in [1.54, 1.807) is 14.0 Å².